The molecule has 2 amide bonds. The van der Waals surface area contributed by atoms with Crippen molar-refractivity contribution in [2.75, 3.05) is 20.1 Å². The third kappa shape index (κ3) is 5.89. The predicted octanol–water partition coefficient (Wildman–Crippen LogP) is 2.41. The molecular formula is C13H26N2O3. The Balaban J connectivity index is 4.48. The minimum Gasteiger partial charge on any atom is -0.480 e. The average Bonchev–Trinajstić information content (AvgIpc) is 2.34. The Morgan fingerprint density at radius 1 is 1.22 bits per heavy atom. The predicted molar refractivity (Wildman–Crippen MR) is 71.6 cm³/mol. The molecule has 0 aromatic carbocycles. The van der Waals surface area contributed by atoms with Crippen LogP contribution in [0.3, 0.4) is 0 Å². The van der Waals surface area contributed by atoms with Crippen molar-refractivity contribution in [3.05, 3.63) is 0 Å². The molecule has 0 aliphatic carbocycles. The van der Waals surface area contributed by atoms with E-state index in [0.717, 1.165) is 25.7 Å². The molecule has 0 rings (SSSR count). The highest BCUT2D eigenvalue weighted by Crippen LogP contribution is 2.08. The third-order valence-electron chi connectivity index (χ3n) is 3.10. The first-order valence-corrected chi connectivity index (χ1v) is 6.67. The first-order valence-electron chi connectivity index (χ1n) is 6.67. The van der Waals surface area contributed by atoms with Gasteiger partial charge in [0.05, 0.1) is 0 Å². The van der Waals surface area contributed by atoms with Gasteiger partial charge in [-0.25, -0.2) is 4.79 Å². The van der Waals surface area contributed by atoms with Gasteiger partial charge in [0.2, 0.25) is 0 Å². The van der Waals surface area contributed by atoms with Crippen LogP contribution in [0.25, 0.3) is 0 Å². The molecule has 0 aromatic heterocycles. The van der Waals surface area contributed by atoms with Crippen LogP contribution in [0.4, 0.5) is 4.79 Å². The monoisotopic (exact) mass is 258 g/mol. The fraction of sp³-hybridized carbons (Fsp3) is 0.846. The summed E-state index contributed by atoms with van der Waals surface area (Å²) in [5, 5.41) is 8.86. The first-order chi connectivity index (χ1) is 8.43. The van der Waals surface area contributed by atoms with Crippen molar-refractivity contribution in [2.24, 2.45) is 0 Å². The Labute approximate surface area is 110 Å². The van der Waals surface area contributed by atoms with Crippen LogP contribution in [0.5, 0.6) is 0 Å². The quantitative estimate of drug-likeness (QED) is 0.680. The SMILES string of the molecule is CCCCCN(C)C(=O)N(CC(=O)O)C(C)CC. The molecule has 106 valence electrons. The Kier molecular flexibility index (Phi) is 8.16. The fourth-order valence-corrected chi connectivity index (χ4v) is 1.69. The number of carboxylic acid groups (broad SMARTS) is 1. The van der Waals surface area contributed by atoms with Crippen molar-refractivity contribution in [1.82, 2.24) is 9.80 Å². The summed E-state index contributed by atoms with van der Waals surface area (Å²) < 4.78 is 0. The van der Waals surface area contributed by atoms with Crippen LogP contribution in [-0.4, -0.2) is 53.1 Å². The molecule has 0 aliphatic rings. The smallest absolute Gasteiger partial charge is 0.323 e. The number of aliphatic carboxylic acids is 1. The number of hydrogen-bond donors (Lipinski definition) is 1. The molecule has 0 saturated carbocycles. The Morgan fingerprint density at radius 2 is 1.83 bits per heavy atom. The molecule has 0 saturated heterocycles. The summed E-state index contributed by atoms with van der Waals surface area (Å²) in [5.74, 6) is -0.967. The third-order valence-corrected chi connectivity index (χ3v) is 3.10. The van der Waals surface area contributed by atoms with Gasteiger partial charge < -0.3 is 14.9 Å². The van der Waals surface area contributed by atoms with Crippen LogP contribution in [0, 0.1) is 0 Å². The zero-order valence-corrected chi connectivity index (χ0v) is 12.0. The summed E-state index contributed by atoms with van der Waals surface area (Å²) in [7, 11) is 1.73. The van der Waals surface area contributed by atoms with Gasteiger partial charge in [0.15, 0.2) is 0 Å². The molecule has 18 heavy (non-hydrogen) atoms. The molecular weight excluding hydrogens is 232 g/mol. The molecule has 5 heteroatoms. The van der Waals surface area contributed by atoms with Crippen LogP contribution in [0.15, 0.2) is 0 Å². The van der Waals surface area contributed by atoms with E-state index in [4.69, 9.17) is 5.11 Å². The number of urea groups is 1. The van der Waals surface area contributed by atoms with Gasteiger partial charge in [-0.2, -0.15) is 0 Å². The molecule has 0 fully saturated rings. The first kappa shape index (κ1) is 16.7. The van der Waals surface area contributed by atoms with Crippen LogP contribution in [-0.2, 0) is 4.79 Å². The van der Waals surface area contributed by atoms with Crippen molar-refractivity contribution in [1.29, 1.82) is 0 Å². The van der Waals surface area contributed by atoms with Gasteiger partial charge in [-0.05, 0) is 19.8 Å². The van der Waals surface area contributed by atoms with Crippen LogP contribution >= 0.6 is 0 Å². The summed E-state index contributed by atoms with van der Waals surface area (Å²) in [5.41, 5.74) is 0. The van der Waals surface area contributed by atoms with E-state index in [1.807, 2.05) is 13.8 Å². The lowest BCUT2D eigenvalue weighted by molar-refractivity contribution is -0.138. The van der Waals surface area contributed by atoms with E-state index in [-0.39, 0.29) is 18.6 Å². The molecule has 0 spiro atoms. The summed E-state index contributed by atoms with van der Waals surface area (Å²) in [6.07, 6.45) is 3.90. The number of hydrogen-bond acceptors (Lipinski definition) is 2. The van der Waals surface area contributed by atoms with Crippen molar-refractivity contribution in [2.45, 2.75) is 52.5 Å². The molecule has 1 unspecified atom stereocenters. The van der Waals surface area contributed by atoms with E-state index in [2.05, 4.69) is 6.92 Å². The largest absolute Gasteiger partial charge is 0.480 e. The normalized spacial score (nSPS) is 12.0. The van der Waals surface area contributed by atoms with E-state index in [0.29, 0.717) is 6.54 Å². The second-order valence-electron chi connectivity index (χ2n) is 4.69. The van der Waals surface area contributed by atoms with E-state index in [9.17, 15) is 9.59 Å². The lowest BCUT2D eigenvalue weighted by atomic mass is 10.2. The molecule has 0 radical (unpaired) electrons. The lowest BCUT2D eigenvalue weighted by Crippen LogP contribution is -2.48. The molecule has 0 aliphatic heterocycles. The molecule has 1 atom stereocenters. The standard InChI is InChI=1S/C13H26N2O3/c1-5-7-8-9-14(4)13(18)15(10-12(16)17)11(3)6-2/h11H,5-10H2,1-4H3,(H,16,17). The Hall–Kier alpha value is -1.26. The molecule has 0 bridgehead atoms. The van der Waals surface area contributed by atoms with Crippen molar-refractivity contribution >= 4 is 12.0 Å². The topological polar surface area (TPSA) is 60.9 Å². The van der Waals surface area contributed by atoms with Crippen molar-refractivity contribution < 1.29 is 14.7 Å². The number of amides is 2. The molecule has 1 N–H and O–H groups in total. The van der Waals surface area contributed by atoms with Crippen LogP contribution in [0.1, 0.15) is 46.5 Å². The summed E-state index contributed by atoms with van der Waals surface area (Å²) >= 11 is 0. The second-order valence-corrected chi connectivity index (χ2v) is 4.69. The van der Waals surface area contributed by atoms with Gasteiger partial charge in [0.25, 0.3) is 0 Å². The number of carboxylic acids is 1. The van der Waals surface area contributed by atoms with E-state index in [1.165, 1.54) is 4.90 Å². The van der Waals surface area contributed by atoms with Gasteiger partial charge in [-0.3, -0.25) is 4.79 Å². The highest BCUT2D eigenvalue weighted by atomic mass is 16.4. The highest BCUT2D eigenvalue weighted by Gasteiger charge is 2.24. The Morgan fingerprint density at radius 3 is 2.28 bits per heavy atom. The molecule has 0 heterocycles. The zero-order valence-electron chi connectivity index (χ0n) is 12.0. The minimum absolute atomic E-state index is 0.0535. The molecule has 5 nitrogen and oxygen atoms in total. The van der Waals surface area contributed by atoms with Gasteiger partial charge in [0, 0.05) is 19.6 Å². The maximum absolute atomic E-state index is 12.2. The summed E-state index contributed by atoms with van der Waals surface area (Å²) in [6.45, 7) is 6.38. The van der Waals surface area contributed by atoms with Crippen molar-refractivity contribution in [3.63, 3.8) is 0 Å². The van der Waals surface area contributed by atoms with Gasteiger partial charge >= 0.3 is 12.0 Å². The van der Waals surface area contributed by atoms with E-state index >= 15 is 0 Å². The number of nitrogens with zero attached hydrogens (tertiary/aromatic N) is 2. The van der Waals surface area contributed by atoms with Crippen LogP contribution in [0.2, 0.25) is 0 Å². The lowest BCUT2D eigenvalue weighted by Gasteiger charge is -2.31. The zero-order chi connectivity index (χ0) is 14.1. The summed E-state index contributed by atoms with van der Waals surface area (Å²) in [6, 6.07) is -0.245. The highest BCUT2D eigenvalue weighted by molar-refractivity contribution is 5.80. The summed E-state index contributed by atoms with van der Waals surface area (Å²) in [4.78, 5) is 26.0. The van der Waals surface area contributed by atoms with Crippen molar-refractivity contribution in [3.8, 4) is 0 Å². The minimum atomic E-state index is -0.967. The Bertz CT molecular complexity index is 269. The number of rotatable bonds is 8. The number of carbonyl (C=O) groups excluding carboxylic acids is 1. The maximum atomic E-state index is 12.2. The number of carbonyl (C=O) groups is 2. The van der Waals surface area contributed by atoms with Gasteiger partial charge in [-0.1, -0.05) is 26.7 Å². The van der Waals surface area contributed by atoms with E-state index < -0.39 is 5.97 Å². The van der Waals surface area contributed by atoms with Gasteiger partial charge in [0.1, 0.15) is 6.54 Å². The molecule has 0 aromatic rings. The van der Waals surface area contributed by atoms with Crippen LogP contribution < -0.4 is 0 Å². The number of unbranched alkanes of at least 4 members (excludes halogenated alkanes) is 2. The average molecular weight is 258 g/mol. The van der Waals surface area contributed by atoms with Gasteiger partial charge in [-0.15, -0.1) is 0 Å². The maximum Gasteiger partial charge on any atom is 0.323 e. The fourth-order valence-electron chi connectivity index (χ4n) is 1.69. The second kappa shape index (κ2) is 8.78. The van der Waals surface area contributed by atoms with E-state index in [1.54, 1.807) is 11.9 Å².